The SMILES string of the molecule is CC(C)N1CCC(CN)(N2CCC(CN(C)C)CC2)CC1. The molecule has 0 aromatic rings. The number of likely N-dealkylation sites (tertiary alicyclic amines) is 2. The molecule has 2 aliphatic rings. The maximum absolute atomic E-state index is 6.24. The fourth-order valence-electron chi connectivity index (χ4n) is 4.21. The number of rotatable bonds is 5. The summed E-state index contributed by atoms with van der Waals surface area (Å²) in [7, 11) is 4.38. The lowest BCUT2D eigenvalue weighted by Gasteiger charge is -2.51. The number of nitrogens with two attached hydrogens (primary N) is 1. The van der Waals surface area contributed by atoms with Gasteiger partial charge in [-0.25, -0.2) is 0 Å². The van der Waals surface area contributed by atoms with E-state index in [1.54, 1.807) is 0 Å². The summed E-state index contributed by atoms with van der Waals surface area (Å²) in [6, 6.07) is 0.673. The summed E-state index contributed by atoms with van der Waals surface area (Å²) in [5.41, 5.74) is 6.52. The summed E-state index contributed by atoms with van der Waals surface area (Å²) < 4.78 is 0. The summed E-state index contributed by atoms with van der Waals surface area (Å²) in [5, 5.41) is 0. The Balaban J connectivity index is 1.88. The number of piperidine rings is 2. The Bertz CT molecular complexity index is 300. The minimum Gasteiger partial charge on any atom is -0.329 e. The number of nitrogens with zero attached hydrogens (tertiary/aromatic N) is 3. The Morgan fingerprint density at radius 2 is 1.67 bits per heavy atom. The van der Waals surface area contributed by atoms with Crippen LogP contribution in [0.1, 0.15) is 39.5 Å². The molecule has 0 bridgehead atoms. The van der Waals surface area contributed by atoms with Gasteiger partial charge in [-0.2, -0.15) is 0 Å². The number of hydrogen-bond acceptors (Lipinski definition) is 4. The Morgan fingerprint density at radius 3 is 2.10 bits per heavy atom. The van der Waals surface area contributed by atoms with Gasteiger partial charge in [0.2, 0.25) is 0 Å². The van der Waals surface area contributed by atoms with Crippen molar-refractivity contribution in [1.29, 1.82) is 0 Å². The Labute approximate surface area is 131 Å². The molecule has 124 valence electrons. The first-order valence-electron chi connectivity index (χ1n) is 8.81. The van der Waals surface area contributed by atoms with Gasteiger partial charge in [-0.05, 0) is 72.6 Å². The molecular formula is C17H36N4. The van der Waals surface area contributed by atoms with Gasteiger partial charge in [0.15, 0.2) is 0 Å². The topological polar surface area (TPSA) is 35.7 Å². The second-order valence-electron chi connectivity index (χ2n) is 7.75. The number of hydrogen-bond donors (Lipinski definition) is 1. The van der Waals surface area contributed by atoms with E-state index in [2.05, 4.69) is 42.6 Å². The zero-order valence-corrected chi connectivity index (χ0v) is 14.6. The second-order valence-corrected chi connectivity index (χ2v) is 7.75. The first-order chi connectivity index (χ1) is 9.97. The molecule has 2 rings (SSSR count). The van der Waals surface area contributed by atoms with Gasteiger partial charge in [-0.1, -0.05) is 0 Å². The molecule has 2 aliphatic heterocycles. The summed E-state index contributed by atoms with van der Waals surface area (Å²) >= 11 is 0. The van der Waals surface area contributed by atoms with Crippen LogP contribution in [0.5, 0.6) is 0 Å². The van der Waals surface area contributed by atoms with Gasteiger partial charge in [0.05, 0.1) is 0 Å². The van der Waals surface area contributed by atoms with Crippen LogP contribution >= 0.6 is 0 Å². The monoisotopic (exact) mass is 296 g/mol. The minimum absolute atomic E-state index is 0.286. The van der Waals surface area contributed by atoms with Crippen molar-refractivity contribution in [3.63, 3.8) is 0 Å². The highest BCUT2D eigenvalue weighted by Gasteiger charge is 2.40. The van der Waals surface area contributed by atoms with Crippen molar-refractivity contribution in [2.45, 2.75) is 51.1 Å². The molecule has 2 saturated heterocycles. The predicted octanol–water partition coefficient (Wildman–Crippen LogP) is 1.46. The fourth-order valence-corrected chi connectivity index (χ4v) is 4.21. The van der Waals surface area contributed by atoms with Crippen LogP contribution in [0.15, 0.2) is 0 Å². The summed E-state index contributed by atoms with van der Waals surface area (Å²) in [6.07, 6.45) is 5.18. The molecule has 21 heavy (non-hydrogen) atoms. The van der Waals surface area contributed by atoms with E-state index >= 15 is 0 Å². The van der Waals surface area contributed by atoms with Crippen LogP contribution in [0.4, 0.5) is 0 Å². The van der Waals surface area contributed by atoms with Crippen molar-refractivity contribution < 1.29 is 0 Å². The molecule has 2 fully saturated rings. The molecule has 0 aromatic heterocycles. The molecule has 0 spiro atoms. The van der Waals surface area contributed by atoms with E-state index in [1.165, 1.54) is 58.4 Å². The third-order valence-corrected chi connectivity index (χ3v) is 5.75. The average molecular weight is 297 g/mol. The molecule has 0 aromatic carbocycles. The van der Waals surface area contributed by atoms with Gasteiger partial charge in [0.25, 0.3) is 0 Å². The van der Waals surface area contributed by atoms with Gasteiger partial charge in [0.1, 0.15) is 0 Å². The maximum atomic E-state index is 6.24. The van der Waals surface area contributed by atoms with E-state index in [-0.39, 0.29) is 5.54 Å². The quantitative estimate of drug-likeness (QED) is 0.833. The standard InChI is InChI=1S/C17H36N4/c1-15(2)20-11-7-17(14-18,8-12-20)21-9-5-16(6-10-21)13-19(3)4/h15-16H,5-14,18H2,1-4H3. The lowest BCUT2D eigenvalue weighted by atomic mass is 9.82. The zero-order chi connectivity index (χ0) is 15.5. The van der Waals surface area contributed by atoms with Crippen molar-refractivity contribution >= 4 is 0 Å². The van der Waals surface area contributed by atoms with Crippen molar-refractivity contribution in [2.24, 2.45) is 11.7 Å². The zero-order valence-electron chi connectivity index (χ0n) is 14.6. The Kier molecular flexibility index (Phi) is 6.06. The van der Waals surface area contributed by atoms with Crippen molar-refractivity contribution in [3.8, 4) is 0 Å². The smallest absolute Gasteiger partial charge is 0.0356 e. The highest BCUT2D eigenvalue weighted by molar-refractivity contribution is 4.98. The largest absolute Gasteiger partial charge is 0.329 e. The molecule has 2 N–H and O–H groups in total. The van der Waals surface area contributed by atoms with Crippen molar-refractivity contribution in [2.75, 3.05) is 53.4 Å². The van der Waals surface area contributed by atoms with Crippen LogP contribution in [-0.2, 0) is 0 Å². The third kappa shape index (κ3) is 4.19. The highest BCUT2D eigenvalue weighted by Crippen LogP contribution is 2.32. The molecular weight excluding hydrogens is 260 g/mol. The molecule has 4 nitrogen and oxygen atoms in total. The molecule has 0 radical (unpaired) electrons. The van der Waals surface area contributed by atoms with Gasteiger partial charge in [-0.15, -0.1) is 0 Å². The Hall–Kier alpha value is -0.160. The summed E-state index contributed by atoms with van der Waals surface area (Å²) in [6.45, 7) is 11.6. The second kappa shape index (κ2) is 7.40. The molecule has 0 amide bonds. The van der Waals surface area contributed by atoms with Crippen molar-refractivity contribution in [3.05, 3.63) is 0 Å². The van der Waals surface area contributed by atoms with Crippen LogP contribution in [0.2, 0.25) is 0 Å². The average Bonchev–Trinajstić information content (AvgIpc) is 2.47. The van der Waals surface area contributed by atoms with Crippen LogP contribution < -0.4 is 5.73 Å². The van der Waals surface area contributed by atoms with Gasteiger partial charge < -0.3 is 15.5 Å². The molecule has 0 saturated carbocycles. The third-order valence-electron chi connectivity index (χ3n) is 5.75. The van der Waals surface area contributed by atoms with Gasteiger partial charge in [0, 0.05) is 37.8 Å². The lowest BCUT2D eigenvalue weighted by Crippen LogP contribution is -2.61. The van der Waals surface area contributed by atoms with E-state index in [4.69, 9.17) is 5.73 Å². The van der Waals surface area contributed by atoms with Crippen molar-refractivity contribution in [1.82, 2.24) is 14.7 Å². The fraction of sp³-hybridized carbons (Fsp3) is 1.00. The molecule has 0 unspecified atom stereocenters. The normalized spacial score (nSPS) is 25.9. The minimum atomic E-state index is 0.286. The van der Waals surface area contributed by atoms with E-state index in [0.29, 0.717) is 6.04 Å². The molecule has 4 heteroatoms. The van der Waals surface area contributed by atoms with E-state index < -0.39 is 0 Å². The molecule has 0 atom stereocenters. The Morgan fingerprint density at radius 1 is 1.10 bits per heavy atom. The molecule has 2 heterocycles. The summed E-state index contributed by atoms with van der Waals surface area (Å²) in [4.78, 5) is 7.67. The summed E-state index contributed by atoms with van der Waals surface area (Å²) in [5.74, 6) is 0.877. The van der Waals surface area contributed by atoms with Crippen LogP contribution in [0, 0.1) is 5.92 Å². The van der Waals surface area contributed by atoms with Crippen LogP contribution in [-0.4, -0.2) is 79.6 Å². The van der Waals surface area contributed by atoms with Crippen LogP contribution in [0.25, 0.3) is 0 Å². The highest BCUT2D eigenvalue weighted by atomic mass is 15.3. The van der Waals surface area contributed by atoms with E-state index in [1.807, 2.05) is 0 Å². The van der Waals surface area contributed by atoms with Gasteiger partial charge in [-0.3, -0.25) is 4.90 Å². The first-order valence-corrected chi connectivity index (χ1v) is 8.81. The maximum Gasteiger partial charge on any atom is 0.0356 e. The molecule has 0 aliphatic carbocycles. The van der Waals surface area contributed by atoms with Crippen LogP contribution in [0.3, 0.4) is 0 Å². The first kappa shape index (κ1) is 17.2. The lowest BCUT2D eigenvalue weighted by molar-refractivity contribution is -0.00427. The van der Waals surface area contributed by atoms with E-state index in [0.717, 1.165) is 12.5 Å². The predicted molar refractivity (Wildman–Crippen MR) is 90.6 cm³/mol. The van der Waals surface area contributed by atoms with E-state index in [9.17, 15) is 0 Å². The van der Waals surface area contributed by atoms with Gasteiger partial charge >= 0.3 is 0 Å².